The molecule has 64 valence electrons. The van der Waals surface area contributed by atoms with E-state index in [1.54, 1.807) is 7.11 Å². The molecule has 2 heteroatoms. The van der Waals surface area contributed by atoms with Crippen molar-refractivity contribution in [2.45, 2.75) is 18.4 Å². The first-order valence-corrected chi connectivity index (χ1v) is 4.21. The number of rotatable bonds is 2. The van der Waals surface area contributed by atoms with E-state index in [1.165, 1.54) is 5.56 Å². The van der Waals surface area contributed by atoms with E-state index in [1.807, 2.05) is 12.1 Å². The fraction of sp³-hybridized carbons (Fsp3) is 0.400. The second kappa shape index (κ2) is 2.79. The van der Waals surface area contributed by atoms with Crippen molar-refractivity contribution in [3.63, 3.8) is 0 Å². The lowest BCUT2D eigenvalue weighted by molar-refractivity contribution is 0.414. The number of hydrogen-bond donors (Lipinski definition) is 1. The van der Waals surface area contributed by atoms with Gasteiger partial charge in [0, 0.05) is 12.0 Å². The molecule has 0 unspecified atom stereocenters. The van der Waals surface area contributed by atoms with Crippen LogP contribution in [0.2, 0.25) is 0 Å². The Hall–Kier alpha value is -1.02. The van der Waals surface area contributed by atoms with Crippen LogP contribution in [0.25, 0.3) is 0 Å². The van der Waals surface area contributed by atoms with Gasteiger partial charge in [-0.3, -0.25) is 0 Å². The summed E-state index contributed by atoms with van der Waals surface area (Å²) < 4.78 is 5.13. The van der Waals surface area contributed by atoms with Gasteiger partial charge >= 0.3 is 0 Å². The lowest BCUT2D eigenvalue weighted by Crippen LogP contribution is -2.00. The fourth-order valence-electron chi connectivity index (χ4n) is 1.47. The van der Waals surface area contributed by atoms with Gasteiger partial charge in [0.05, 0.1) is 7.11 Å². The normalized spacial score (nSPS) is 26.8. The van der Waals surface area contributed by atoms with Crippen LogP contribution < -0.4 is 10.5 Å². The Morgan fingerprint density at radius 2 is 2.25 bits per heavy atom. The molecule has 0 aromatic heterocycles. The summed E-state index contributed by atoms with van der Waals surface area (Å²) in [6.45, 7) is 0. The molecule has 0 aliphatic heterocycles. The SMILES string of the molecule is COc1cccc([C@H]2C[C@H]2N)c1. The van der Waals surface area contributed by atoms with Gasteiger partial charge in [0.15, 0.2) is 0 Å². The Morgan fingerprint density at radius 3 is 2.83 bits per heavy atom. The second-order valence-corrected chi connectivity index (χ2v) is 3.28. The molecular formula is C10H13NO. The quantitative estimate of drug-likeness (QED) is 0.717. The van der Waals surface area contributed by atoms with Crippen molar-refractivity contribution < 1.29 is 4.74 Å². The highest BCUT2D eigenvalue weighted by molar-refractivity contribution is 5.34. The van der Waals surface area contributed by atoms with Gasteiger partial charge in [0.1, 0.15) is 5.75 Å². The Morgan fingerprint density at radius 1 is 1.50 bits per heavy atom. The van der Waals surface area contributed by atoms with E-state index >= 15 is 0 Å². The average molecular weight is 163 g/mol. The van der Waals surface area contributed by atoms with Gasteiger partial charge < -0.3 is 10.5 Å². The monoisotopic (exact) mass is 163 g/mol. The van der Waals surface area contributed by atoms with Crippen LogP contribution in [0.5, 0.6) is 5.75 Å². The van der Waals surface area contributed by atoms with Crippen molar-refractivity contribution >= 4 is 0 Å². The molecule has 2 nitrogen and oxygen atoms in total. The second-order valence-electron chi connectivity index (χ2n) is 3.28. The molecule has 1 aromatic carbocycles. The van der Waals surface area contributed by atoms with Gasteiger partial charge in [-0.25, -0.2) is 0 Å². The first-order chi connectivity index (χ1) is 5.81. The highest BCUT2D eigenvalue weighted by Crippen LogP contribution is 2.39. The summed E-state index contributed by atoms with van der Waals surface area (Å²) in [5, 5.41) is 0. The molecule has 0 bridgehead atoms. The van der Waals surface area contributed by atoms with Crippen molar-refractivity contribution in [1.29, 1.82) is 0 Å². The van der Waals surface area contributed by atoms with E-state index in [2.05, 4.69) is 12.1 Å². The number of ether oxygens (including phenoxy) is 1. The minimum atomic E-state index is 0.372. The summed E-state index contributed by atoms with van der Waals surface area (Å²) in [5.74, 6) is 1.49. The van der Waals surface area contributed by atoms with Crippen LogP contribution in [0.1, 0.15) is 17.9 Å². The standard InChI is InChI=1S/C10H13NO/c1-12-8-4-2-3-7(5-8)9-6-10(9)11/h2-5,9-10H,6,11H2,1H3/t9-,10-/m1/s1. The maximum Gasteiger partial charge on any atom is 0.119 e. The molecule has 0 spiro atoms. The van der Waals surface area contributed by atoms with Gasteiger partial charge in [-0.1, -0.05) is 12.1 Å². The van der Waals surface area contributed by atoms with Crippen molar-refractivity contribution in [1.82, 2.24) is 0 Å². The van der Waals surface area contributed by atoms with Crippen molar-refractivity contribution in [2.75, 3.05) is 7.11 Å². The third-order valence-electron chi connectivity index (χ3n) is 2.36. The van der Waals surface area contributed by atoms with Crippen molar-refractivity contribution in [3.05, 3.63) is 29.8 Å². The van der Waals surface area contributed by atoms with E-state index in [0.717, 1.165) is 12.2 Å². The van der Waals surface area contributed by atoms with Crippen LogP contribution in [0.15, 0.2) is 24.3 Å². The van der Waals surface area contributed by atoms with E-state index in [4.69, 9.17) is 10.5 Å². The molecule has 2 N–H and O–H groups in total. The molecule has 0 saturated heterocycles. The largest absolute Gasteiger partial charge is 0.497 e. The molecule has 2 atom stereocenters. The molecule has 2 rings (SSSR count). The molecule has 1 fully saturated rings. The van der Waals surface area contributed by atoms with E-state index in [-0.39, 0.29) is 0 Å². The summed E-state index contributed by atoms with van der Waals surface area (Å²) in [7, 11) is 1.69. The summed E-state index contributed by atoms with van der Waals surface area (Å²) >= 11 is 0. The number of methoxy groups -OCH3 is 1. The van der Waals surface area contributed by atoms with Gasteiger partial charge in [-0.2, -0.15) is 0 Å². The molecule has 1 saturated carbocycles. The highest BCUT2D eigenvalue weighted by atomic mass is 16.5. The predicted molar refractivity (Wildman–Crippen MR) is 48.3 cm³/mol. The zero-order chi connectivity index (χ0) is 8.55. The van der Waals surface area contributed by atoms with Gasteiger partial charge in [0.25, 0.3) is 0 Å². The maximum absolute atomic E-state index is 5.75. The predicted octanol–water partition coefficient (Wildman–Crippen LogP) is 1.51. The Bertz CT molecular complexity index is 285. The van der Waals surface area contributed by atoms with E-state index in [9.17, 15) is 0 Å². The third kappa shape index (κ3) is 1.30. The topological polar surface area (TPSA) is 35.2 Å². The van der Waals surface area contributed by atoms with Gasteiger partial charge in [0.2, 0.25) is 0 Å². The minimum Gasteiger partial charge on any atom is -0.497 e. The number of benzene rings is 1. The van der Waals surface area contributed by atoms with Crippen LogP contribution >= 0.6 is 0 Å². The first-order valence-electron chi connectivity index (χ1n) is 4.21. The number of hydrogen-bond acceptors (Lipinski definition) is 2. The van der Waals surface area contributed by atoms with Crippen LogP contribution in [0, 0.1) is 0 Å². The first kappa shape index (κ1) is 7.62. The molecule has 1 aliphatic rings. The zero-order valence-electron chi connectivity index (χ0n) is 7.16. The lowest BCUT2D eigenvalue weighted by Gasteiger charge is -2.02. The Kier molecular flexibility index (Phi) is 1.77. The third-order valence-corrected chi connectivity index (χ3v) is 2.36. The summed E-state index contributed by atoms with van der Waals surface area (Å²) in [6, 6.07) is 8.52. The fourth-order valence-corrected chi connectivity index (χ4v) is 1.47. The van der Waals surface area contributed by atoms with Crippen LogP contribution in [0.4, 0.5) is 0 Å². The summed E-state index contributed by atoms with van der Waals surface area (Å²) in [5.41, 5.74) is 7.06. The van der Waals surface area contributed by atoms with Gasteiger partial charge in [-0.05, 0) is 24.1 Å². The molecule has 0 heterocycles. The molecule has 0 amide bonds. The van der Waals surface area contributed by atoms with Crippen LogP contribution in [0.3, 0.4) is 0 Å². The maximum atomic E-state index is 5.75. The minimum absolute atomic E-state index is 0.372. The smallest absolute Gasteiger partial charge is 0.119 e. The zero-order valence-corrected chi connectivity index (χ0v) is 7.16. The van der Waals surface area contributed by atoms with Crippen molar-refractivity contribution in [3.8, 4) is 5.75 Å². The van der Waals surface area contributed by atoms with Crippen molar-refractivity contribution in [2.24, 2.45) is 5.73 Å². The molecule has 0 radical (unpaired) electrons. The van der Waals surface area contributed by atoms with E-state index < -0.39 is 0 Å². The summed E-state index contributed by atoms with van der Waals surface area (Å²) in [6.07, 6.45) is 1.12. The molecule has 1 aromatic rings. The Labute approximate surface area is 72.3 Å². The van der Waals surface area contributed by atoms with E-state index in [0.29, 0.717) is 12.0 Å². The lowest BCUT2D eigenvalue weighted by atomic mass is 10.1. The highest BCUT2D eigenvalue weighted by Gasteiger charge is 2.34. The summed E-state index contributed by atoms with van der Waals surface area (Å²) in [4.78, 5) is 0. The number of nitrogens with two attached hydrogens (primary N) is 1. The Balaban J connectivity index is 2.21. The molecular weight excluding hydrogens is 150 g/mol. The van der Waals surface area contributed by atoms with Crippen LogP contribution in [-0.2, 0) is 0 Å². The van der Waals surface area contributed by atoms with Gasteiger partial charge in [-0.15, -0.1) is 0 Å². The molecule has 12 heavy (non-hydrogen) atoms. The molecule has 1 aliphatic carbocycles. The van der Waals surface area contributed by atoms with Crippen LogP contribution in [-0.4, -0.2) is 13.2 Å². The average Bonchev–Trinajstić information content (AvgIpc) is 2.83.